The van der Waals surface area contributed by atoms with Gasteiger partial charge in [-0.1, -0.05) is 45.3 Å². The molecule has 0 N–H and O–H groups in total. The van der Waals surface area contributed by atoms with Crippen molar-refractivity contribution < 1.29 is 4.74 Å². The Morgan fingerprint density at radius 1 is 1.00 bits per heavy atom. The molecule has 1 nitrogen and oxygen atoms in total. The van der Waals surface area contributed by atoms with Gasteiger partial charge in [0.2, 0.25) is 0 Å². The highest BCUT2D eigenvalue weighted by Gasteiger charge is 2.03. The lowest BCUT2D eigenvalue weighted by atomic mass is 9.99. The average molecular weight is 272 g/mol. The van der Waals surface area contributed by atoms with Crippen molar-refractivity contribution in [3.05, 3.63) is 12.2 Å². The second kappa shape index (κ2) is 15.2. The molecule has 0 aliphatic rings. The molecule has 0 radical (unpaired) electrons. The number of rotatable bonds is 13. The SMILES string of the molecule is CCC=CC(CCC)CCOCCCCCCP. The summed E-state index contributed by atoms with van der Waals surface area (Å²) in [5, 5.41) is 0. The van der Waals surface area contributed by atoms with Crippen LogP contribution in [0.15, 0.2) is 12.2 Å². The second-order valence-electron chi connectivity index (χ2n) is 4.99. The molecule has 2 heteroatoms. The van der Waals surface area contributed by atoms with Crippen molar-refractivity contribution in [3.8, 4) is 0 Å². The first-order valence-corrected chi connectivity index (χ1v) is 8.61. The van der Waals surface area contributed by atoms with E-state index in [0.29, 0.717) is 0 Å². The van der Waals surface area contributed by atoms with Gasteiger partial charge in [-0.05, 0) is 44.2 Å². The molecule has 2 unspecified atom stereocenters. The van der Waals surface area contributed by atoms with Crippen molar-refractivity contribution in [1.29, 1.82) is 0 Å². The predicted octanol–water partition coefficient (Wildman–Crippen LogP) is 5.21. The minimum atomic E-state index is 0.729. The molecule has 0 aliphatic carbocycles. The van der Waals surface area contributed by atoms with E-state index < -0.39 is 0 Å². The van der Waals surface area contributed by atoms with Crippen LogP contribution in [-0.4, -0.2) is 19.4 Å². The molecule has 108 valence electrons. The largest absolute Gasteiger partial charge is 0.381 e. The predicted molar refractivity (Wildman–Crippen MR) is 86.3 cm³/mol. The van der Waals surface area contributed by atoms with E-state index in [-0.39, 0.29) is 0 Å². The lowest BCUT2D eigenvalue weighted by Crippen LogP contribution is -2.04. The molecule has 0 aliphatic heterocycles. The molecular formula is C16H33OP. The summed E-state index contributed by atoms with van der Waals surface area (Å²) in [6, 6.07) is 0. The first-order valence-electron chi connectivity index (χ1n) is 7.79. The molecule has 0 fully saturated rings. The summed E-state index contributed by atoms with van der Waals surface area (Å²) in [7, 11) is 2.79. The third kappa shape index (κ3) is 12.6. The van der Waals surface area contributed by atoms with Crippen molar-refractivity contribution in [3.63, 3.8) is 0 Å². The number of ether oxygens (including phenoxy) is 1. The zero-order valence-electron chi connectivity index (χ0n) is 12.5. The Bertz CT molecular complexity index is 180. The molecule has 2 atom stereocenters. The Labute approximate surface area is 117 Å². The van der Waals surface area contributed by atoms with Crippen molar-refractivity contribution in [2.75, 3.05) is 19.4 Å². The van der Waals surface area contributed by atoms with Gasteiger partial charge in [-0.3, -0.25) is 0 Å². The molecule has 0 aromatic rings. The number of hydrogen-bond donors (Lipinski definition) is 0. The van der Waals surface area contributed by atoms with Crippen LogP contribution in [0.5, 0.6) is 0 Å². The quantitative estimate of drug-likeness (QED) is 0.254. The Kier molecular flexibility index (Phi) is 15.3. The molecule has 0 saturated heterocycles. The molecule has 0 rings (SSSR count). The van der Waals surface area contributed by atoms with Crippen LogP contribution >= 0.6 is 9.24 Å². The summed E-state index contributed by atoms with van der Waals surface area (Å²) in [6.07, 6.45) is 16.1. The van der Waals surface area contributed by atoms with Gasteiger partial charge < -0.3 is 4.74 Å². The van der Waals surface area contributed by atoms with E-state index in [0.717, 1.165) is 25.6 Å². The molecule has 0 bridgehead atoms. The van der Waals surface area contributed by atoms with E-state index >= 15 is 0 Å². The van der Waals surface area contributed by atoms with Gasteiger partial charge in [0.05, 0.1) is 0 Å². The number of allylic oxidation sites excluding steroid dienone is 2. The van der Waals surface area contributed by atoms with Crippen LogP contribution in [0.25, 0.3) is 0 Å². The molecule has 0 heterocycles. The highest BCUT2D eigenvalue weighted by Crippen LogP contribution is 2.13. The van der Waals surface area contributed by atoms with Crippen LogP contribution < -0.4 is 0 Å². The van der Waals surface area contributed by atoms with Crippen molar-refractivity contribution >= 4 is 9.24 Å². The van der Waals surface area contributed by atoms with Crippen molar-refractivity contribution in [2.45, 2.75) is 65.2 Å². The summed E-state index contributed by atoms with van der Waals surface area (Å²) in [4.78, 5) is 0. The van der Waals surface area contributed by atoms with Gasteiger partial charge in [-0.15, -0.1) is 9.24 Å². The van der Waals surface area contributed by atoms with E-state index in [2.05, 4.69) is 35.2 Å². The maximum atomic E-state index is 5.73. The third-order valence-electron chi connectivity index (χ3n) is 3.18. The molecule has 0 spiro atoms. The van der Waals surface area contributed by atoms with Gasteiger partial charge in [0.25, 0.3) is 0 Å². The van der Waals surface area contributed by atoms with Gasteiger partial charge in [0, 0.05) is 13.2 Å². The maximum absolute atomic E-state index is 5.73. The van der Waals surface area contributed by atoms with E-state index in [9.17, 15) is 0 Å². The number of hydrogen-bond acceptors (Lipinski definition) is 1. The van der Waals surface area contributed by atoms with Crippen LogP contribution in [0.2, 0.25) is 0 Å². The van der Waals surface area contributed by atoms with Crippen LogP contribution in [0, 0.1) is 5.92 Å². The second-order valence-corrected chi connectivity index (χ2v) is 5.57. The molecular weight excluding hydrogens is 239 g/mol. The monoisotopic (exact) mass is 272 g/mol. The van der Waals surface area contributed by atoms with Crippen LogP contribution in [0.1, 0.15) is 65.2 Å². The fourth-order valence-electron chi connectivity index (χ4n) is 2.07. The molecule has 0 saturated carbocycles. The Balaban J connectivity index is 3.40. The minimum absolute atomic E-state index is 0.729. The van der Waals surface area contributed by atoms with Crippen molar-refractivity contribution in [1.82, 2.24) is 0 Å². The summed E-state index contributed by atoms with van der Waals surface area (Å²) >= 11 is 0. The molecule has 18 heavy (non-hydrogen) atoms. The Hall–Kier alpha value is 0.130. The normalized spacial score (nSPS) is 13.3. The molecule has 0 amide bonds. The van der Waals surface area contributed by atoms with E-state index in [4.69, 9.17) is 4.74 Å². The summed E-state index contributed by atoms with van der Waals surface area (Å²) < 4.78 is 5.73. The van der Waals surface area contributed by atoms with E-state index in [1.165, 1.54) is 51.1 Å². The van der Waals surface area contributed by atoms with Gasteiger partial charge in [-0.25, -0.2) is 0 Å². The molecule has 0 aromatic carbocycles. The Morgan fingerprint density at radius 2 is 1.78 bits per heavy atom. The van der Waals surface area contributed by atoms with Crippen LogP contribution in [0.4, 0.5) is 0 Å². The fraction of sp³-hybridized carbons (Fsp3) is 0.875. The highest BCUT2D eigenvalue weighted by molar-refractivity contribution is 7.16. The van der Waals surface area contributed by atoms with Gasteiger partial charge in [0.1, 0.15) is 0 Å². The lowest BCUT2D eigenvalue weighted by molar-refractivity contribution is 0.119. The average Bonchev–Trinajstić information content (AvgIpc) is 2.39. The smallest absolute Gasteiger partial charge is 0.0471 e. The third-order valence-corrected chi connectivity index (χ3v) is 3.59. The zero-order chi connectivity index (χ0) is 13.5. The topological polar surface area (TPSA) is 9.23 Å². The van der Waals surface area contributed by atoms with Crippen LogP contribution in [0.3, 0.4) is 0 Å². The first-order chi connectivity index (χ1) is 8.85. The highest BCUT2D eigenvalue weighted by atomic mass is 31.0. The fourth-order valence-corrected chi connectivity index (χ4v) is 2.36. The van der Waals surface area contributed by atoms with E-state index in [1.807, 2.05) is 0 Å². The molecule has 0 aromatic heterocycles. The Morgan fingerprint density at radius 3 is 2.44 bits per heavy atom. The lowest BCUT2D eigenvalue weighted by Gasteiger charge is -2.11. The summed E-state index contributed by atoms with van der Waals surface area (Å²) in [5.74, 6) is 0.729. The standard InChI is InChI=1S/C16H33OP/c1-3-5-11-16(10-4-2)12-14-17-13-8-6-7-9-15-18/h5,11,16H,3-4,6-10,12-15,18H2,1-2H3. The number of unbranched alkanes of at least 4 members (excludes halogenated alkanes) is 3. The summed E-state index contributed by atoms with van der Waals surface area (Å²) in [5.41, 5.74) is 0. The first kappa shape index (κ1) is 18.1. The summed E-state index contributed by atoms with van der Waals surface area (Å²) in [6.45, 7) is 6.35. The van der Waals surface area contributed by atoms with Gasteiger partial charge in [0.15, 0.2) is 0 Å². The minimum Gasteiger partial charge on any atom is -0.381 e. The van der Waals surface area contributed by atoms with Crippen LogP contribution in [-0.2, 0) is 4.74 Å². The van der Waals surface area contributed by atoms with Gasteiger partial charge in [-0.2, -0.15) is 0 Å². The van der Waals surface area contributed by atoms with E-state index in [1.54, 1.807) is 0 Å². The van der Waals surface area contributed by atoms with Gasteiger partial charge >= 0.3 is 0 Å². The maximum Gasteiger partial charge on any atom is 0.0471 e. The van der Waals surface area contributed by atoms with Crippen molar-refractivity contribution in [2.24, 2.45) is 5.92 Å². The zero-order valence-corrected chi connectivity index (χ0v) is 13.7.